The molecule has 3 rings (SSSR count). The molecule has 2 amide bonds. The van der Waals surface area contributed by atoms with Crippen molar-refractivity contribution in [2.75, 3.05) is 19.7 Å². The predicted octanol–water partition coefficient (Wildman–Crippen LogP) is 2.90. The van der Waals surface area contributed by atoms with Gasteiger partial charge in [-0.1, -0.05) is 30.3 Å². The highest BCUT2D eigenvalue weighted by Gasteiger charge is 2.25. The number of carbonyl (C=O) groups excluding carboxylic acids is 2. The van der Waals surface area contributed by atoms with Crippen LogP contribution in [0.15, 0.2) is 48.5 Å². The van der Waals surface area contributed by atoms with Crippen molar-refractivity contribution < 1.29 is 19.4 Å². The molecule has 8 nitrogen and oxygen atoms in total. The number of ether oxygens (including phenoxy) is 1. The number of aryl methyl sites for hydroxylation is 2. The first-order chi connectivity index (χ1) is 15.0. The lowest BCUT2D eigenvalue weighted by Crippen LogP contribution is -2.47. The van der Waals surface area contributed by atoms with Crippen LogP contribution in [0.3, 0.4) is 0 Å². The average molecular weight is 425 g/mol. The Morgan fingerprint density at radius 2 is 1.94 bits per heavy atom. The average Bonchev–Trinajstić information content (AvgIpc) is 2.79. The number of aliphatic hydroxyl groups excluding tert-OH is 1. The van der Waals surface area contributed by atoms with Gasteiger partial charge in [0.2, 0.25) is 0 Å². The molecule has 1 saturated heterocycles. The number of aliphatic hydroxyl groups is 1. The van der Waals surface area contributed by atoms with Crippen molar-refractivity contribution in [2.45, 2.75) is 38.6 Å². The van der Waals surface area contributed by atoms with Gasteiger partial charge in [0, 0.05) is 30.9 Å². The van der Waals surface area contributed by atoms with E-state index in [1.807, 2.05) is 18.2 Å². The zero-order chi connectivity index (χ0) is 22.1. The van der Waals surface area contributed by atoms with Gasteiger partial charge in [0.05, 0.1) is 12.3 Å². The van der Waals surface area contributed by atoms with Gasteiger partial charge in [0.15, 0.2) is 5.76 Å². The summed E-state index contributed by atoms with van der Waals surface area (Å²) in [4.78, 5) is 34.1. The van der Waals surface area contributed by atoms with E-state index in [0.29, 0.717) is 38.2 Å². The second-order valence-corrected chi connectivity index (χ2v) is 7.38. The van der Waals surface area contributed by atoms with Crippen LogP contribution in [0.2, 0.25) is 0 Å². The molecule has 0 bridgehead atoms. The summed E-state index contributed by atoms with van der Waals surface area (Å²) in [7, 11) is 0. The number of hydrogen-bond donors (Lipinski definition) is 2. The number of carbonyl (C=O) groups is 2. The van der Waals surface area contributed by atoms with Crippen LogP contribution in [-0.4, -0.2) is 57.7 Å². The first kappa shape index (κ1) is 22.3. The van der Waals surface area contributed by atoms with E-state index in [-0.39, 0.29) is 12.1 Å². The second kappa shape index (κ2) is 11.1. The molecule has 0 atom stereocenters. The number of nitrogens with one attached hydrogen (secondary N) is 1. The lowest BCUT2D eigenvalue weighted by atomic mass is 10.1. The third-order valence-electron chi connectivity index (χ3n) is 5.13. The Bertz CT molecular complexity index is 909. The third-order valence-corrected chi connectivity index (χ3v) is 5.13. The molecule has 31 heavy (non-hydrogen) atoms. The lowest BCUT2D eigenvalue weighted by Gasteiger charge is -2.31. The van der Waals surface area contributed by atoms with Crippen LogP contribution in [0.5, 0.6) is 0 Å². The fourth-order valence-corrected chi connectivity index (χ4v) is 3.43. The number of nitrogens with zero attached hydrogens (tertiary/aromatic N) is 3. The highest BCUT2D eigenvalue weighted by molar-refractivity contribution is 5.95. The van der Waals surface area contributed by atoms with E-state index in [0.717, 1.165) is 18.5 Å². The van der Waals surface area contributed by atoms with Crippen molar-refractivity contribution in [3.05, 3.63) is 65.4 Å². The molecule has 164 valence electrons. The summed E-state index contributed by atoms with van der Waals surface area (Å²) in [5, 5.41) is 13.0. The minimum atomic E-state index is -0.556. The Kier molecular flexibility index (Phi) is 7.98. The maximum Gasteiger partial charge on any atom is 0.409 e. The van der Waals surface area contributed by atoms with Gasteiger partial charge in [-0.2, -0.15) is 0 Å². The Morgan fingerprint density at radius 3 is 2.65 bits per heavy atom. The maximum atomic E-state index is 12.4. The van der Waals surface area contributed by atoms with Gasteiger partial charge < -0.3 is 20.1 Å². The summed E-state index contributed by atoms with van der Waals surface area (Å²) in [6.45, 7) is 3.12. The third kappa shape index (κ3) is 6.80. The van der Waals surface area contributed by atoms with E-state index in [1.165, 1.54) is 18.0 Å². The molecule has 8 heteroatoms. The molecule has 0 radical (unpaired) electrons. The van der Waals surface area contributed by atoms with Crippen LogP contribution in [0.1, 0.15) is 36.7 Å². The number of aromatic nitrogens is 2. The summed E-state index contributed by atoms with van der Waals surface area (Å²) in [6, 6.07) is 11.8. The van der Waals surface area contributed by atoms with Crippen LogP contribution in [0.25, 0.3) is 6.08 Å². The smallest absolute Gasteiger partial charge is 0.409 e. The molecule has 1 aliphatic rings. The van der Waals surface area contributed by atoms with Gasteiger partial charge in [-0.15, -0.1) is 0 Å². The van der Waals surface area contributed by atoms with Crippen molar-refractivity contribution in [1.29, 1.82) is 0 Å². The molecule has 0 unspecified atom stereocenters. The zero-order valence-electron chi connectivity index (χ0n) is 17.7. The quantitative estimate of drug-likeness (QED) is 0.523. The molecule has 0 saturated carbocycles. The zero-order valence-corrected chi connectivity index (χ0v) is 17.7. The molecule has 1 aliphatic heterocycles. The number of hydrogen-bond acceptors (Lipinski definition) is 6. The van der Waals surface area contributed by atoms with Crippen LogP contribution in [-0.2, 0) is 22.4 Å². The van der Waals surface area contributed by atoms with Crippen molar-refractivity contribution >= 4 is 18.1 Å². The molecule has 2 N–H and O–H groups in total. The number of rotatable bonds is 7. The van der Waals surface area contributed by atoms with E-state index in [4.69, 9.17) is 4.74 Å². The second-order valence-electron chi connectivity index (χ2n) is 7.38. The topological polar surface area (TPSA) is 105 Å². The molecule has 0 spiro atoms. The number of benzene rings is 1. The first-order valence-corrected chi connectivity index (χ1v) is 10.5. The van der Waals surface area contributed by atoms with Gasteiger partial charge >= 0.3 is 6.09 Å². The number of likely N-dealkylation sites (tertiary alicyclic amines) is 1. The molecule has 2 aromatic rings. The van der Waals surface area contributed by atoms with Crippen LogP contribution < -0.4 is 5.32 Å². The maximum absolute atomic E-state index is 12.4. The number of amides is 2. The van der Waals surface area contributed by atoms with Gasteiger partial charge in [-0.25, -0.2) is 14.8 Å². The Labute approximate surface area is 182 Å². The van der Waals surface area contributed by atoms with Gasteiger partial charge in [0.25, 0.3) is 5.91 Å². The molecule has 1 aromatic heterocycles. The SMILES string of the molecule is CCOC(=O)N1CCC(NC(=O)/C(O)=C/c2cc(CCc3ccccc3)ncn2)CC1. The van der Waals surface area contributed by atoms with Gasteiger partial charge in [-0.05, 0) is 44.2 Å². The first-order valence-electron chi connectivity index (χ1n) is 10.5. The van der Waals surface area contributed by atoms with Crippen LogP contribution in [0.4, 0.5) is 4.79 Å². The van der Waals surface area contributed by atoms with E-state index in [1.54, 1.807) is 17.9 Å². The van der Waals surface area contributed by atoms with E-state index in [2.05, 4.69) is 27.4 Å². The summed E-state index contributed by atoms with van der Waals surface area (Å²) in [5.74, 6) is -0.959. The predicted molar refractivity (Wildman–Crippen MR) is 116 cm³/mol. The van der Waals surface area contributed by atoms with E-state index < -0.39 is 11.7 Å². The Balaban J connectivity index is 1.51. The Morgan fingerprint density at radius 1 is 1.19 bits per heavy atom. The summed E-state index contributed by atoms with van der Waals surface area (Å²) < 4.78 is 4.99. The van der Waals surface area contributed by atoms with Crippen molar-refractivity contribution in [3.8, 4) is 0 Å². The number of piperidine rings is 1. The molecule has 2 heterocycles. The highest BCUT2D eigenvalue weighted by Crippen LogP contribution is 2.13. The fourth-order valence-electron chi connectivity index (χ4n) is 3.43. The fraction of sp³-hybridized carbons (Fsp3) is 0.391. The summed E-state index contributed by atoms with van der Waals surface area (Å²) in [5.41, 5.74) is 2.53. The minimum Gasteiger partial charge on any atom is -0.503 e. The summed E-state index contributed by atoms with van der Waals surface area (Å²) >= 11 is 0. The molecule has 0 aliphatic carbocycles. The minimum absolute atomic E-state index is 0.111. The van der Waals surface area contributed by atoms with Crippen molar-refractivity contribution in [2.24, 2.45) is 0 Å². The molecule has 1 fully saturated rings. The van der Waals surface area contributed by atoms with Crippen molar-refractivity contribution in [3.63, 3.8) is 0 Å². The standard InChI is InChI=1S/C23H28N4O4/c1-2-31-23(30)27-12-10-18(11-13-27)26-22(29)21(28)15-20-14-19(24-16-25-20)9-8-17-6-4-3-5-7-17/h3-7,14-16,18,28H,2,8-13H2,1H3,(H,26,29)/b21-15-. The van der Waals surface area contributed by atoms with Gasteiger partial charge in [-0.3, -0.25) is 4.79 Å². The Hall–Kier alpha value is -3.42. The lowest BCUT2D eigenvalue weighted by molar-refractivity contribution is -0.120. The van der Waals surface area contributed by atoms with Crippen LogP contribution in [0, 0.1) is 0 Å². The van der Waals surface area contributed by atoms with E-state index >= 15 is 0 Å². The van der Waals surface area contributed by atoms with Crippen molar-refractivity contribution in [1.82, 2.24) is 20.2 Å². The van der Waals surface area contributed by atoms with Gasteiger partial charge in [0.1, 0.15) is 6.33 Å². The normalized spacial score (nSPS) is 14.9. The largest absolute Gasteiger partial charge is 0.503 e. The highest BCUT2D eigenvalue weighted by atomic mass is 16.6. The van der Waals surface area contributed by atoms with Crippen LogP contribution >= 0.6 is 0 Å². The molecular formula is C23H28N4O4. The molecule has 1 aromatic carbocycles. The molecular weight excluding hydrogens is 396 g/mol. The monoisotopic (exact) mass is 424 g/mol. The summed E-state index contributed by atoms with van der Waals surface area (Å²) in [6.07, 6.45) is 5.24. The van der Waals surface area contributed by atoms with E-state index in [9.17, 15) is 14.7 Å².